The van der Waals surface area contributed by atoms with Crippen molar-refractivity contribution in [3.63, 3.8) is 0 Å². The quantitative estimate of drug-likeness (QED) is 0.793. The van der Waals surface area contributed by atoms with E-state index in [2.05, 4.69) is 29.0 Å². The molecule has 2 aromatic rings. The van der Waals surface area contributed by atoms with Crippen LogP contribution in [-0.2, 0) is 6.42 Å². The second-order valence-corrected chi connectivity index (χ2v) is 4.20. The number of hydrogen-bond donors (Lipinski definition) is 0. The summed E-state index contributed by atoms with van der Waals surface area (Å²) in [5, 5.41) is 7.53. The number of oxazole rings is 1. The van der Waals surface area contributed by atoms with Gasteiger partial charge in [-0.15, -0.1) is 10.2 Å². The molecule has 5 nitrogen and oxygen atoms in total. The molecule has 0 saturated heterocycles. The van der Waals surface area contributed by atoms with Crippen molar-refractivity contribution in [2.24, 2.45) is 0 Å². The van der Waals surface area contributed by atoms with Gasteiger partial charge in [-0.1, -0.05) is 20.8 Å². The minimum Gasteiger partial charge on any atom is -0.445 e. The molecule has 2 aromatic heterocycles. The fourth-order valence-corrected chi connectivity index (χ4v) is 1.47. The van der Waals surface area contributed by atoms with Gasteiger partial charge < -0.3 is 8.83 Å². The molecule has 0 amide bonds. The molecule has 2 rings (SSSR count). The summed E-state index contributed by atoms with van der Waals surface area (Å²) < 4.78 is 10.8. The molecule has 1 unspecified atom stereocenters. The predicted molar refractivity (Wildman–Crippen MR) is 57.0 cm³/mol. The molecule has 2 heterocycles. The van der Waals surface area contributed by atoms with E-state index in [4.69, 9.17) is 8.83 Å². The van der Waals surface area contributed by atoms with E-state index in [0.717, 1.165) is 18.1 Å². The zero-order valence-electron chi connectivity index (χ0n) is 9.67. The standard InChI is InChI=1S/C11H15N3O2/c1-7(2)10-12-5-9(16-10)4-8(3)11-14-13-6-15-11/h5-8H,4H2,1-3H3. The number of nitrogens with zero attached hydrogens (tertiary/aromatic N) is 3. The lowest BCUT2D eigenvalue weighted by molar-refractivity contribution is 0.403. The zero-order valence-corrected chi connectivity index (χ0v) is 9.67. The van der Waals surface area contributed by atoms with Crippen LogP contribution in [0.2, 0.25) is 0 Å². The molecule has 0 saturated carbocycles. The third-order valence-electron chi connectivity index (χ3n) is 2.37. The van der Waals surface area contributed by atoms with Crippen LogP contribution < -0.4 is 0 Å². The van der Waals surface area contributed by atoms with Crippen LogP contribution >= 0.6 is 0 Å². The van der Waals surface area contributed by atoms with Gasteiger partial charge in [-0.25, -0.2) is 4.98 Å². The Morgan fingerprint density at radius 3 is 2.62 bits per heavy atom. The molecule has 86 valence electrons. The lowest BCUT2D eigenvalue weighted by Gasteiger charge is -2.03. The van der Waals surface area contributed by atoms with E-state index in [-0.39, 0.29) is 5.92 Å². The first-order chi connectivity index (χ1) is 7.66. The Hall–Kier alpha value is -1.65. The Bertz CT molecular complexity index is 434. The highest BCUT2D eigenvalue weighted by atomic mass is 16.4. The van der Waals surface area contributed by atoms with Crippen molar-refractivity contribution in [3.05, 3.63) is 30.1 Å². The number of hydrogen-bond acceptors (Lipinski definition) is 5. The molecule has 5 heteroatoms. The summed E-state index contributed by atoms with van der Waals surface area (Å²) in [7, 11) is 0. The lowest BCUT2D eigenvalue weighted by atomic mass is 10.1. The molecule has 1 atom stereocenters. The maximum absolute atomic E-state index is 5.61. The maximum atomic E-state index is 5.61. The van der Waals surface area contributed by atoms with Gasteiger partial charge in [0.05, 0.1) is 6.20 Å². The highest BCUT2D eigenvalue weighted by molar-refractivity contribution is 5.01. The monoisotopic (exact) mass is 221 g/mol. The molecular weight excluding hydrogens is 206 g/mol. The minimum atomic E-state index is 0.149. The van der Waals surface area contributed by atoms with Crippen LogP contribution in [0.15, 0.2) is 21.4 Å². The first-order valence-corrected chi connectivity index (χ1v) is 5.37. The van der Waals surface area contributed by atoms with Gasteiger partial charge in [0.1, 0.15) is 5.76 Å². The van der Waals surface area contributed by atoms with Gasteiger partial charge in [-0.2, -0.15) is 0 Å². The Morgan fingerprint density at radius 2 is 2.06 bits per heavy atom. The van der Waals surface area contributed by atoms with Gasteiger partial charge in [-0.05, 0) is 0 Å². The number of rotatable bonds is 4. The van der Waals surface area contributed by atoms with E-state index in [9.17, 15) is 0 Å². The van der Waals surface area contributed by atoms with Crippen LogP contribution in [0.25, 0.3) is 0 Å². The van der Waals surface area contributed by atoms with Gasteiger partial charge in [0.15, 0.2) is 5.89 Å². The van der Waals surface area contributed by atoms with E-state index in [0.29, 0.717) is 11.8 Å². The normalized spacial score (nSPS) is 13.2. The van der Waals surface area contributed by atoms with Gasteiger partial charge in [0, 0.05) is 18.3 Å². The summed E-state index contributed by atoms with van der Waals surface area (Å²) in [5.41, 5.74) is 0. The molecular formula is C11H15N3O2. The van der Waals surface area contributed by atoms with E-state index >= 15 is 0 Å². The van der Waals surface area contributed by atoms with Crippen molar-refractivity contribution in [1.29, 1.82) is 0 Å². The molecule has 0 aliphatic rings. The average molecular weight is 221 g/mol. The Morgan fingerprint density at radius 1 is 1.25 bits per heavy atom. The predicted octanol–water partition coefficient (Wildman–Crippen LogP) is 2.53. The molecule has 0 radical (unpaired) electrons. The van der Waals surface area contributed by atoms with E-state index in [1.54, 1.807) is 6.20 Å². The first-order valence-electron chi connectivity index (χ1n) is 5.37. The summed E-state index contributed by atoms with van der Waals surface area (Å²) >= 11 is 0. The smallest absolute Gasteiger partial charge is 0.219 e. The van der Waals surface area contributed by atoms with Gasteiger partial charge in [0.2, 0.25) is 12.3 Å². The summed E-state index contributed by atoms with van der Waals surface area (Å²) in [6.45, 7) is 6.12. The first kappa shape index (κ1) is 10.9. The van der Waals surface area contributed by atoms with Crippen molar-refractivity contribution < 1.29 is 8.83 Å². The molecule has 0 N–H and O–H groups in total. The van der Waals surface area contributed by atoms with Gasteiger partial charge in [0.25, 0.3) is 0 Å². The molecule has 0 aromatic carbocycles. The topological polar surface area (TPSA) is 65.0 Å². The zero-order chi connectivity index (χ0) is 11.5. The van der Waals surface area contributed by atoms with Crippen molar-refractivity contribution in [2.75, 3.05) is 0 Å². The summed E-state index contributed by atoms with van der Waals surface area (Å²) in [5.74, 6) is 2.72. The van der Waals surface area contributed by atoms with Crippen LogP contribution in [0, 0.1) is 0 Å². The van der Waals surface area contributed by atoms with Crippen LogP contribution in [0.3, 0.4) is 0 Å². The summed E-state index contributed by atoms with van der Waals surface area (Å²) in [6, 6.07) is 0. The highest BCUT2D eigenvalue weighted by Crippen LogP contribution is 2.20. The third kappa shape index (κ3) is 2.29. The number of aromatic nitrogens is 3. The van der Waals surface area contributed by atoms with Crippen molar-refractivity contribution in [1.82, 2.24) is 15.2 Å². The molecule has 0 aliphatic carbocycles. The van der Waals surface area contributed by atoms with E-state index in [1.807, 2.05) is 6.92 Å². The second kappa shape index (κ2) is 4.47. The Labute approximate surface area is 93.9 Å². The van der Waals surface area contributed by atoms with Gasteiger partial charge in [-0.3, -0.25) is 0 Å². The van der Waals surface area contributed by atoms with Crippen LogP contribution in [0.5, 0.6) is 0 Å². The van der Waals surface area contributed by atoms with Crippen molar-refractivity contribution in [3.8, 4) is 0 Å². The fourth-order valence-electron chi connectivity index (χ4n) is 1.47. The van der Waals surface area contributed by atoms with Gasteiger partial charge >= 0.3 is 0 Å². The fraction of sp³-hybridized carbons (Fsp3) is 0.545. The Kier molecular flexibility index (Phi) is 3.03. The lowest BCUT2D eigenvalue weighted by Crippen LogP contribution is -1.98. The summed E-state index contributed by atoms with van der Waals surface area (Å²) in [6.07, 6.45) is 3.83. The average Bonchev–Trinajstić information content (AvgIpc) is 2.87. The molecule has 16 heavy (non-hydrogen) atoms. The SMILES string of the molecule is CC(C)c1ncc(CC(C)c2nnco2)o1. The Balaban J connectivity index is 2.03. The van der Waals surface area contributed by atoms with E-state index < -0.39 is 0 Å². The molecule has 0 fully saturated rings. The van der Waals surface area contributed by atoms with Crippen LogP contribution in [0.1, 0.15) is 50.1 Å². The highest BCUT2D eigenvalue weighted by Gasteiger charge is 2.15. The van der Waals surface area contributed by atoms with Crippen LogP contribution in [0.4, 0.5) is 0 Å². The minimum absolute atomic E-state index is 0.149. The van der Waals surface area contributed by atoms with Crippen LogP contribution in [-0.4, -0.2) is 15.2 Å². The van der Waals surface area contributed by atoms with Crippen molar-refractivity contribution >= 4 is 0 Å². The largest absolute Gasteiger partial charge is 0.445 e. The molecule has 0 aliphatic heterocycles. The van der Waals surface area contributed by atoms with E-state index in [1.165, 1.54) is 6.39 Å². The molecule has 0 bridgehead atoms. The maximum Gasteiger partial charge on any atom is 0.219 e. The molecule has 0 spiro atoms. The second-order valence-electron chi connectivity index (χ2n) is 4.20. The van der Waals surface area contributed by atoms with Crippen molar-refractivity contribution in [2.45, 2.75) is 39.0 Å². The summed E-state index contributed by atoms with van der Waals surface area (Å²) in [4.78, 5) is 4.22. The third-order valence-corrected chi connectivity index (χ3v) is 2.37.